The molecule has 0 fully saturated rings. The zero-order chi connectivity index (χ0) is 12.2. The second-order valence-corrected chi connectivity index (χ2v) is 4.18. The van der Waals surface area contributed by atoms with E-state index in [1.807, 2.05) is 37.3 Å². The highest BCUT2D eigenvalue weighted by Gasteiger charge is 2.18. The summed E-state index contributed by atoms with van der Waals surface area (Å²) < 4.78 is 0. The van der Waals surface area contributed by atoms with E-state index >= 15 is 0 Å². The van der Waals surface area contributed by atoms with Crippen LogP contribution in [-0.4, -0.2) is 11.6 Å². The Morgan fingerprint density at radius 2 is 1.88 bits per heavy atom. The lowest BCUT2D eigenvalue weighted by molar-refractivity contribution is 0.246. The Kier molecular flexibility index (Phi) is 3.51. The summed E-state index contributed by atoms with van der Waals surface area (Å²) in [6.45, 7) is 5.26. The first-order valence-corrected chi connectivity index (χ1v) is 5.00. The van der Waals surface area contributed by atoms with Gasteiger partial charge in [0.05, 0.1) is 6.07 Å². The molecule has 84 valence electrons. The Labute approximate surface area is 95.3 Å². The highest BCUT2D eigenvalue weighted by Crippen LogP contribution is 2.09. The van der Waals surface area contributed by atoms with Gasteiger partial charge in [0, 0.05) is 5.69 Å². The van der Waals surface area contributed by atoms with Crippen LogP contribution in [0.3, 0.4) is 0 Å². The number of urea groups is 1. The van der Waals surface area contributed by atoms with Gasteiger partial charge in [0.15, 0.2) is 0 Å². The first-order valence-electron chi connectivity index (χ1n) is 5.00. The lowest BCUT2D eigenvalue weighted by Gasteiger charge is -2.17. The zero-order valence-corrected chi connectivity index (χ0v) is 9.66. The number of nitrogens with one attached hydrogen (secondary N) is 2. The molecule has 0 aliphatic rings. The fourth-order valence-electron chi connectivity index (χ4n) is 1.11. The second kappa shape index (κ2) is 4.67. The molecule has 0 heterocycles. The van der Waals surface area contributed by atoms with Gasteiger partial charge >= 0.3 is 6.03 Å². The number of nitrogens with zero attached hydrogens (tertiary/aromatic N) is 1. The van der Waals surface area contributed by atoms with Crippen molar-refractivity contribution in [1.82, 2.24) is 5.32 Å². The maximum absolute atomic E-state index is 11.5. The average molecular weight is 217 g/mol. The van der Waals surface area contributed by atoms with Crippen molar-refractivity contribution in [2.45, 2.75) is 26.3 Å². The van der Waals surface area contributed by atoms with E-state index < -0.39 is 5.54 Å². The summed E-state index contributed by atoms with van der Waals surface area (Å²) >= 11 is 0. The number of nitriles is 1. The summed E-state index contributed by atoms with van der Waals surface area (Å²) in [5, 5.41) is 14.0. The van der Waals surface area contributed by atoms with Crippen LogP contribution in [-0.2, 0) is 0 Å². The number of hydrogen-bond donors (Lipinski definition) is 2. The highest BCUT2D eigenvalue weighted by atomic mass is 16.2. The van der Waals surface area contributed by atoms with Crippen LogP contribution in [0.1, 0.15) is 19.4 Å². The Hall–Kier alpha value is -2.02. The van der Waals surface area contributed by atoms with E-state index in [1.54, 1.807) is 13.8 Å². The number of amides is 2. The molecule has 16 heavy (non-hydrogen) atoms. The molecule has 2 N–H and O–H groups in total. The number of hydrogen-bond acceptors (Lipinski definition) is 2. The van der Waals surface area contributed by atoms with E-state index in [9.17, 15) is 4.79 Å². The molecule has 0 radical (unpaired) electrons. The summed E-state index contributed by atoms with van der Waals surface area (Å²) in [5.74, 6) is 0. The minimum atomic E-state index is -0.866. The molecule has 0 aliphatic heterocycles. The predicted octanol–water partition coefficient (Wildman–Crippen LogP) is 2.42. The number of benzene rings is 1. The summed E-state index contributed by atoms with van der Waals surface area (Å²) in [5.41, 5.74) is 0.967. The van der Waals surface area contributed by atoms with Crippen molar-refractivity contribution >= 4 is 11.7 Å². The Morgan fingerprint density at radius 1 is 1.31 bits per heavy atom. The van der Waals surface area contributed by atoms with E-state index in [1.165, 1.54) is 0 Å². The van der Waals surface area contributed by atoms with Crippen molar-refractivity contribution < 1.29 is 4.79 Å². The fourth-order valence-corrected chi connectivity index (χ4v) is 1.11. The summed E-state index contributed by atoms with van der Waals surface area (Å²) in [6.07, 6.45) is 0. The molecule has 4 heteroatoms. The molecule has 0 saturated heterocycles. The van der Waals surface area contributed by atoms with Gasteiger partial charge in [0.25, 0.3) is 0 Å². The first-order chi connectivity index (χ1) is 7.43. The monoisotopic (exact) mass is 217 g/mol. The molecule has 0 bridgehead atoms. The molecule has 0 aliphatic carbocycles. The average Bonchev–Trinajstić information content (AvgIpc) is 2.21. The number of aryl methyl sites for hydroxylation is 1. The van der Waals surface area contributed by atoms with Crippen LogP contribution in [0.15, 0.2) is 24.3 Å². The number of carbonyl (C=O) groups excluding carboxylic acids is 1. The van der Waals surface area contributed by atoms with Gasteiger partial charge in [-0.2, -0.15) is 5.26 Å². The molecule has 0 aromatic heterocycles. The SMILES string of the molecule is Cc1ccc(NC(=O)NC(C)(C)C#N)cc1. The molecular formula is C12H15N3O. The molecule has 4 nitrogen and oxygen atoms in total. The highest BCUT2D eigenvalue weighted by molar-refractivity contribution is 5.89. The summed E-state index contributed by atoms with van der Waals surface area (Å²) in [4.78, 5) is 11.5. The van der Waals surface area contributed by atoms with Crippen molar-refractivity contribution in [3.8, 4) is 6.07 Å². The zero-order valence-electron chi connectivity index (χ0n) is 9.66. The van der Waals surface area contributed by atoms with Crippen molar-refractivity contribution in [3.05, 3.63) is 29.8 Å². The molecule has 0 saturated carbocycles. The molecule has 1 rings (SSSR count). The van der Waals surface area contributed by atoms with Gasteiger partial charge in [-0.1, -0.05) is 17.7 Å². The third kappa shape index (κ3) is 3.62. The summed E-state index contributed by atoms with van der Waals surface area (Å²) in [6, 6.07) is 9.06. The third-order valence-corrected chi connectivity index (χ3v) is 2.01. The van der Waals surface area contributed by atoms with Gasteiger partial charge in [-0.25, -0.2) is 4.79 Å². The van der Waals surface area contributed by atoms with Gasteiger partial charge < -0.3 is 10.6 Å². The van der Waals surface area contributed by atoms with Crippen molar-refractivity contribution in [2.24, 2.45) is 0 Å². The van der Waals surface area contributed by atoms with E-state index in [0.717, 1.165) is 5.56 Å². The smallest absolute Gasteiger partial charge is 0.320 e. The van der Waals surface area contributed by atoms with E-state index in [4.69, 9.17) is 5.26 Å². The van der Waals surface area contributed by atoms with Crippen LogP contribution in [0.25, 0.3) is 0 Å². The Morgan fingerprint density at radius 3 is 2.38 bits per heavy atom. The van der Waals surface area contributed by atoms with Gasteiger partial charge in [0.2, 0.25) is 0 Å². The van der Waals surface area contributed by atoms with Gasteiger partial charge in [-0.3, -0.25) is 0 Å². The van der Waals surface area contributed by atoms with Crippen LogP contribution in [0.5, 0.6) is 0 Å². The van der Waals surface area contributed by atoms with E-state index in [0.29, 0.717) is 5.69 Å². The molecule has 2 amide bonds. The van der Waals surface area contributed by atoms with Crippen molar-refractivity contribution in [3.63, 3.8) is 0 Å². The van der Waals surface area contributed by atoms with Crippen molar-refractivity contribution in [1.29, 1.82) is 5.26 Å². The number of carbonyl (C=O) groups is 1. The minimum Gasteiger partial charge on any atom is -0.320 e. The Balaban J connectivity index is 2.59. The van der Waals surface area contributed by atoms with Gasteiger partial charge in [-0.05, 0) is 32.9 Å². The molecular weight excluding hydrogens is 202 g/mol. The molecule has 0 spiro atoms. The van der Waals surface area contributed by atoms with E-state index in [-0.39, 0.29) is 6.03 Å². The maximum atomic E-state index is 11.5. The van der Waals surface area contributed by atoms with Crippen LogP contribution >= 0.6 is 0 Å². The van der Waals surface area contributed by atoms with Gasteiger partial charge in [-0.15, -0.1) is 0 Å². The van der Waals surface area contributed by atoms with Crippen molar-refractivity contribution in [2.75, 3.05) is 5.32 Å². The van der Waals surface area contributed by atoms with Gasteiger partial charge in [0.1, 0.15) is 5.54 Å². The van der Waals surface area contributed by atoms with Crippen LogP contribution in [0.2, 0.25) is 0 Å². The quantitative estimate of drug-likeness (QED) is 0.799. The van der Waals surface area contributed by atoms with Crippen LogP contribution < -0.4 is 10.6 Å². The predicted molar refractivity (Wildman–Crippen MR) is 63.0 cm³/mol. The number of anilines is 1. The maximum Gasteiger partial charge on any atom is 0.320 e. The first kappa shape index (κ1) is 12.1. The normalized spacial score (nSPS) is 10.4. The second-order valence-electron chi connectivity index (χ2n) is 4.18. The van der Waals surface area contributed by atoms with Crippen LogP contribution in [0, 0.1) is 18.3 Å². The lowest BCUT2D eigenvalue weighted by atomic mass is 10.1. The van der Waals surface area contributed by atoms with E-state index in [2.05, 4.69) is 10.6 Å². The Bertz CT molecular complexity index is 415. The standard InChI is InChI=1S/C12H15N3O/c1-9-4-6-10(7-5-9)14-11(16)15-12(2,3)8-13/h4-7H,1-3H3,(H2,14,15,16). The van der Waals surface area contributed by atoms with Crippen LogP contribution in [0.4, 0.5) is 10.5 Å². The minimum absolute atomic E-state index is 0.379. The topological polar surface area (TPSA) is 64.9 Å². The lowest BCUT2D eigenvalue weighted by Crippen LogP contribution is -2.44. The largest absolute Gasteiger partial charge is 0.320 e. The summed E-state index contributed by atoms with van der Waals surface area (Å²) in [7, 11) is 0. The third-order valence-electron chi connectivity index (χ3n) is 2.01. The number of rotatable bonds is 2. The molecule has 1 aromatic carbocycles. The molecule has 0 atom stereocenters. The molecule has 1 aromatic rings. The fraction of sp³-hybridized carbons (Fsp3) is 0.333. The molecule has 0 unspecified atom stereocenters.